The molecular weight excluding hydrogens is 380 g/mol. The molecule has 0 unspecified atom stereocenters. The van der Waals surface area contributed by atoms with E-state index in [0.29, 0.717) is 25.9 Å². The summed E-state index contributed by atoms with van der Waals surface area (Å²) in [6.07, 6.45) is 3.41. The molecule has 0 spiro atoms. The molecule has 1 fully saturated rings. The third kappa shape index (κ3) is 5.41. The number of benzene rings is 2. The molecule has 0 atom stereocenters. The van der Waals surface area contributed by atoms with Gasteiger partial charge in [0, 0.05) is 35.2 Å². The maximum atomic E-state index is 12.8. The minimum absolute atomic E-state index is 0.0462. The van der Waals surface area contributed by atoms with Crippen LogP contribution in [0.25, 0.3) is 0 Å². The number of anilines is 1. The van der Waals surface area contributed by atoms with Crippen molar-refractivity contribution < 1.29 is 9.59 Å². The van der Waals surface area contributed by atoms with Crippen LogP contribution in [0.3, 0.4) is 0 Å². The second-order valence-corrected chi connectivity index (χ2v) is 9.49. The van der Waals surface area contributed by atoms with Crippen molar-refractivity contribution in [2.24, 2.45) is 5.92 Å². The molecule has 0 aliphatic carbocycles. The van der Waals surface area contributed by atoms with Gasteiger partial charge in [0.15, 0.2) is 0 Å². The first-order valence-corrected chi connectivity index (χ1v) is 11.3. The summed E-state index contributed by atoms with van der Waals surface area (Å²) in [4.78, 5) is 28.4. The zero-order valence-corrected chi connectivity index (χ0v) is 18.5. The van der Waals surface area contributed by atoms with E-state index in [2.05, 4.69) is 26.1 Å². The van der Waals surface area contributed by atoms with E-state index in [9.17, 15) is 9.59 Å². The maximum Gasteiger partial charge on any atom is 0.253 e. The van der Waals surface area contributed by atoms with Gasteiger partial charge in [-0.15, -0.1) is 11.8 Å². The van der Waals surface area contributed by atoms with Crippen LogP contribution in [-0.2, 0) is 10.2 Å². The SMILES string of the molecule is CSc1cccc(NC(=O)C2CCN(C(=O)c3ccc(C(C)(C)C)cc3)CC2)c1. The molecule has 1 N–H and O–H groups in total. The van der Waals surface area contributed by atoms with Crippen LogP contribution in [0.5, 0.6) is 0 Å². The molecule has 2 aromatic rings. The van der Waals surface area contributed by atoms with Gasteiger partial charge in [-0.05, 0) is 60.4 Å². The molecule has 2 aromatic carbocycles. The number of rotatable bonds is 4. The van der Waals surface area contributed by atoms with Gasteiger partial charge in [0.25, 0.3) is 5.91 Å². The third-order valence-corrected chi connectivity index (χ3v) is 6.21. The molecule has 1 aliphatic heterocycles. The quantitative estimate of drug-likeness (QED) is 0.705. The van der Waals surface area contributed by atoms with Crippen molar-refractivity contribution in [2.75, 3.05) is 24.7 Å². The van der Waals surface area contributed by atoms with Gasteiger partial charge in [0.05, 0.1) is 0 Å². The lowest BCUT2D eigenvalue weighted by atomic mass is 9.86. The maximum absolute atomic E-state index is 12.8. The molecule has 1 aliphatic rings. The Labute approximate surface area is 178 Å². The smallest absolute Gasteiger partial charge is 0.253 e. The van der Waals surface area contributed by atoms with Crippen LogP contribution < -0.4 is 5.32 Å². The van der Waals surface area contributed by atoms with E-state index in [1.54, 1.807) is 11.8 Å². The van der Waals surface area contributed by atoms with Crippen molar-refractivity contribution in [1.29, 1.82) is 0 Å². The van der Waals surface area contributed by atoms with Crippen molar-refractivity contribution in [2.45, 2.75) is 43.9 Å². The van der Waals surface area contributed by atoms with Crippen LogP contribution >= 0.6 is 11.8 Å². The first kappa shape index (κ1) is 21.4. The Balaban J connectivity index is 1.55. The number of carbonyl (C=O) groups excluding carboxylic acids is 2. The van der Waals surface area contributed by atoms with Crippen molar-refractivity contribution >= 4 is 29.3 Å². The summed E-state index contributed by atoms with van der Waals surface area (Å²) in [5.74, 6) is 0.0436. The van der Waals surface area contributed by atoms with Gasteiger partial charge in [-0.25, -0.2) is 0 Å². The van der Waals surface area contributed by atoms with Crippen LogP contribution in [0.15, 0.2) is 53.4 Å². The number of carbonyl (C=O) groups is 2. The molecule has 0 aromatic heterocycles. The monoisotopic (exact) mass is 410 g/mol. The topological polar surface area (TPSA) is 49.4 Å². The zero-order valence-electron chi connectivity index (χ0n) is 17.7. The number of piperidine rings is 1. The molecule has 29 heavy (non-hydrogen) atoms. The van der Waals surface area contributed by atoms with Gasteiger partial charge >= 0.3 is 0 Å². The average molecular weight is 411 g/mol. The number of hydrogen-bond acceptors (Lipinski definition) is 3. The highest BCUT2D eigenvalue weighted by molar-refractivity contribution is 7.98. The van der Waals surface area contributed by atoms with E-state index >= 15 is 0 Å². The van der Waals surface area contributed by atoms with E-state index in [4.69, 9.17) is 0 Å². The summed E-state index contributed by atoms with van der Waals surface area (Å²) in [6, 6.07) is 15.8. The number of amides is 2. The fourth-order valence-corrected chi connectivity index (χ4v) is 4.04. The van der Waals surface area contributed by atoms with Crippen molar-refractivity contribution in [3.63, 3.8) is 0 Å². The Morgan fingerprint density at radius 1 is 1.03 bits per heavy atom. The summed E-state index contributed by atoms with van der Waals surface area (Å²) in [6.45, 7) is 7.72. The summed E-state index contributed by atoms with van der Waals surface area (Å²) in [5, 5.41) is 3.03. The molecule has 1 saturated heterocycles. The van der Waals surface area contributed by atoms with E-state index in [1.165, 1.54) is 5.56 Å². The minimum atomic E-state index is -0.0553. The highest BCUT2D eigenvalue weighted by Gasteiger charge is 2.28. The van der Waals surface area contributed by atoms with E-state index in [-0.39, 0.29) is 23.1 Å². The molecule has 3 rings (SSSR count). The Bertz CT molecular complexity index is 863. The Hall–Kier alpha value is -2.27. The lowest BCUT2D eigenvalue weighted by Crippen LogP contribution is -2.41. The molecule has 1 heterocycles. The average Bonchev–Trinajstić information content (AvgIpc) is 2.73. The Morgan fingerprint density at radius 3 is 2.28 bits per heavy atom. The molecule has 0 radical (unpaired) electrons. The molecule has 0 saturated carbocycles. The normalized spacial score (nSPS) is 15.2. The highest BCUT2D eigenvalue weighted by atomic mass is 32.2. The molecule has 2 amide bonds. The molecule has 154 valence electrons. The van der Waals surface area contributed by atoms with E-state index < -0.39 is 0 Å². The Kier molecular flexibility index (Phi) is 6.68. The van der Waals surface area contributed by atoms with Crippen LogP contribution in [0.4, 0.5) is 5.69 Å². The second kappa shape index (κ2) is 9.04. The lowest BCUT2D eigenvalue weighted by Gasteiger charge is -2.31. The van der Waals surface area contributed by atoms with Crippen LogP contribution in [0.1, 0.15) is 49.5 Å². The first-order chi connectivity index (χ1) is 13.8. The van der Waals surface area contributed by atoms with Crippen LogP contribution in [0, 0.1) is 5.92 Å². The standard InChI is InChI=1S/C24H30N2O2S/c1-24(2,3)19-10-8-18(9-11-19)23(28)26-14-12-17(13-15-26)22(27)25-20-6-5-7-21(16-20)29-4/h5-11,16-17H,12-15H2,1-4H3,(H,25,27). The fourth-order valence-electron chi connectivity index (χ4n) is 3.59. The van der Waals surface area contributed by atoms with Gasteiger partial charge in [-0.3, -0.25) is 9.59 Å². The largest absolute Gasteiger partial charge is 0.339 e. The molecule has 4 nitrogen and oxygen atoms in total. The third-order valence-electron chi connectivity index (χ3n) is 5.49. The lowest BCUT2D eigenvalue weighted by molar-refractivity contribution is -0.121. The number of nitrogens with one attached hydrogen (secondary N) is 1. The van der Waals surface area contributed by atoms with E-state index in [1.807, 2.05) is 59.7 Å². The summed E-state index contributed by atoms with van der Waals surface area (Å²) >= 11 is 1.65. The summed E-state index contributed by atoms with van der Waals surface area (Å²) in [7, 11) is 0. The van der Waals surface area contributed by atoms with Gasteiger partial charge in [0.2, 0.25) is 5.91 Å². The predicted octanol–water partition coefficient (Wildman–Crippen LogP) is 5.20. The van der Waals surface area contributed by atoms with Crippen molar-refractivity contribution in [3.05, 3.63) is 59.7 Å². The number of thioether (sulfide) groups is 1. The van der Waals surface area contributed by atoms with Gasteiger partial charge in [0.1, 0.15) is 0 Å². The van der Waals surface area contributed by atoms with Crippen molar-refractivity contribution in [3.8, 4) is 0 Å². The zero-order chi connectivity index (χ0) is 21.0. The Morgan fingerprint density at radius 2 is 1.69 bits per heavy atom. The minimum Gasteiger partial charge on any atom is -0.339 e. The summed E-state index contributed by atoms with van der Waals surface area (Å²) < 4.78 is 0. The predicted molar refractivity (Wildman–Crippen MR) is 121 cm³/mol. The van der Waals surface area contributed by atoms with Crippen LogP contribution in [0.2, 0.25) is 0 Å². The van der Waals surface area contributed by atoms with Gasteiger partial charge in [-0.1, -0.05) is 39.0 Å². The summed E-state index contributed by atoms with van der Waals surface area (Å²) in [5.41, 5.74) is 2.84. The van der Waals surface area contributed by atoms with Crippen molar-refractivity contribution in [1.82, 2.24) is 4.90 Å². The number of likely N-dealkylation sites (tertiary alicyclic amines) is 1. The van der Waals surface area contributed by atoms with Gasteiger partial charge < -0.3 is 10.2 Å². The highest BCUT2D eigenvalue weighted by Crippen LogP contribution is 2.25. The second-order valence-electron chi connectivity index (χ2n) is 8.62. The first-order valence-electron chi connectivity index (χ1n) is 10.1. The van der Waals surface area contributed by atoms with Crippen LogP contribution in [-0.4, -0.2) is 36.1 Å². The number of hydrogen-bond donors (Lipinski definition) is 1. The fraction of sp³-hybridized carbons (Fsp3) is 0.417. The molecule has 5 heteroatoms. The van der Waals surface area contributed by atoms with Gasteiger partial charge in [-0.2, -0.15) is 0 Å². The molecular formula is C24H30N2O2S. The molecule has 0 bridgehead atoms. The van der Waals surface area contributed by atoms with E-state index in [0.717, 1.165) is 16.1 Å². The number of nitrogens with zero attached hydrogens (tertiary/aromatic N) is 1.